The standard InChI is InChI=1S/C14H16ClN3O2S/c1-3-18(2)12(10-7-5-4-6-8-10)14(19)20-9-11-13(15)21-17-16-11/h4-8,12H,3,9H2,1-2H3/t12-/m0/s1. The summed E-state index contributed by atoms with van der Waals surface area (Å²) >= 11 is 6.98. The van der Waals surface area contributed by atoms with E-state index in [1.54, 1.807) is 0 Å². The van der Waals surface area contributed by atoms with Crippen molar-refractivity contribution in [3.05, 3.63) is 45.9 Å². The first-order valence-corrected chi connectivity index (χ1v) is 7.67. The lowest BCUT2D eigenvalue weighted by molar-refractivity contribution is -0.151. The number of carbonyl (C=O) groups is 1. The second-order valence-electron chi connectivity index (χ2n) is 4.49. The third kappa shape index (κ3) is 4.00. The SMILES string of the molecule is CCN(C)[C@H](C(=O)OCc1nnsc1Cl)c1ccccc1. The highest BCUT2D eigenvalue weighted by molar-refractivity contribution is 7.10. The molecule has 0 aliphatic carbocycles. The number of rotatable bonds is 6. The smallest absolute Gasteiger partial charge is 0.328 e. The molecule has 1 heterocycles. The Morgan fingerprint density at radius 1 is 1.43 bits per heavy atom. The number of nitrogens with zero attached hydrogens (tertiary/aromatic N) is 3. The molecule has 0 unspecified atom stereocenters. The Labute approximate surface area is 132 Å². The molecule has 0 bridgehead atoms. The lowest BCUT2D eigenvalue weighted by atomic mass is 10.1. The Morgan fingerprint density at radius 2 is 2.14 bits per heavy atom. The molecule has 0 saturated carbocycles. The number of aromatic nitrogens is 2. The molecule has 0 radical (unpaired) electrons. The lowest BCUT2D eigenvalue weighted by Crippen LogP contribution is -2.32. The molecule has 7 heteroatoms. The normalized spacial score (nSPS) is 12.4. The van der Waals surface area contributed by atoms with E-state index in [1.807, 2.05) is 49.2 Å². The van der Waals surface area contributed by atoms with Gasteiger partial charge in [0.2, 0.25) is 0 Å². The Balaban J connectivity index is 2.10. The third-order valence-electron chi connectivity index (χ3n) is 3.14. The van der Waals surface area contributed by atoms with Crippen LogP contribution in [-0.2, 0) is 16.1 Å². The van der Waals surface area contributed by atoms with E-state index in [-0.39, 0.29) is 12.6 Å². The maximum atomic E-state index is 12.4. The van der Waals surface area contributed by atoms with Gasteiger partial charge in [0.15, 0.2) is 0 Å². The molecule has 2 rings (SSSR count). The summed E-state index contributed by atoms with van der Waals surface area (Å²) in [7, 11) is 1.89. The average Bonchev–Trinajstić information content (AvgIpc) is 2.91. The average molecular weight is 326 g/mol. The molecule has 0 aliphatic rings. The summed E-state index contributed by atoms with van der Waals surface area (Å²) in [4.78, 5) is 14.3. The zero-order valence-corrected chi connectivity index (χ0v) is 13.4. The van der Waals surface area contributed by atoms with Crippen molar-refractivity contribution in [1.29, 1.82) is 0 Å². The van der Waals surface area contributed by atoms with Crippen LogP contribution < -0.4 is 0 Å². The molecule has 2 aromatic rings. The molecule has 1 aromatic carbocycles. The highest BCUT2D eigenvalue weighted by atomic mass is 35.5. The van der Waals surface area contributed by atoms with Gasteiger partial charge in [-0.1, -0.05) is 53.3 Å². The van der Waals surface area contributed by atoms with E-state index in [9.17, 15) is 4.79 Å². The molecular formula is C14H16ClN3O2S. The zero-order valence-electron chi connectivity index (χ0n) is 11.8. The van der Waals surface area contributed by atoms with Crippen LogP contribution >= 0.6 is 23.1 Å². The van der Waals surface area contributed by atoms with E-state index in [1.165, 1.54) is 0 Å². The Bertz CT molecular complexity index is 591. The van der Waals surface area contributed by atoms with Crippen molar-refractivity contribution >= 4 is 29.1 Å². The second-order valence-corrected chi connectivity index (χ2v) is 5.84. The van der Waals surface area contributed by atoms with Gasteiger partial charge in [-0.15, -0.1) is 5.10 Å². The van der Waals surface area contributed by atoms with Gasteiger partial charge in [0, 0.05) is 11.5 Å². The van der Waals surface area contributed by atoms with Crippen molar-refractivity contribution < 1.29 is 9.53 Å². The fourth-order valence-corrected chi connectivity index (χ4v) is 2.49. The summed E-state index contributed by atoms with van der Waals surface area (Å²) in [5.74, 6) is -0.324. The zero-order chi connectivity index (χ0) is 15.2. The molecule has 0 saturated heterocycles. The van der Waals surface area contributed by atoms with Gasteiger partial charge in [-0.2, -0.15) is 0 Å². The third-order valence-corrected chi connectivity index (χ3v) is 4.12. The van der Waals surface area contributed by atoms with Crippen molar-refractivity contribution in [2.45, 2.75) is 19.6 Å². The number of esters is 1. The maximum Gasteiger partial charge on any atom is 0.328 e. The van der Waals surface area contributed by atoms with Crippen LogP contribution in [0.25, 0.3) is 0 Å². The van der Waals surface area contributed by atoms with Crippen LogP contribution in [0.2, 0.25) is 4.34 Å². The molecule has 0 fully saturated rings. The van der Waals surface area contributed by atoms with Crippen LogP contribution in [-0.4, -0.2) is 34.0 Å². The van der Waals surface area contributed by atoms with Crippen LogP contribution in [0.4, 0.5) is 0 Å². The van der Waals surface area contributed by atoms with E-state index >= 15 is 0 Å². The molecule has 0 amide bonds. The van der Waals surface area contributed by atoms with E-state index in [4.69, 9.17) is 16.3 Å². The fraction of sp³-hybridized carbons (Fsp3) is 0.357. The van der Waals surface area contributed by atoms with Crippen LogP contribution in [0.15, 0.2) is 30.3 Å². The number of likely N-dealkylation sites (N-methyl/N-ethyl adjacent to an activating group) is 1. The van der Waals surface area contributed by atoms with E-state index < -0.39 is 6.04 Å². The minimum Gasteiger partial charge on any atom is -0.458 e. The molecule has 1 atom stereocenters. The monoisotopic (exact) mass is 325 g/mol. The van der Waals surface area contributed by atoms with Gasteiger partial charge in [-0.25, -0.2) is 4.79 Å². The van der Waals surface area contributed by atoms with Crippen molar-refractivity contribution in [3.63, 3.8) is 0 Å². The Hall–Kier alpha value is -1.50. The van der Waals surface area contributed by atoms with Gasteiger partial charge in [-0.05, 0) is 19.2 Å². The summed E-state index contributed by atoms with van der Waals surface area (Å²) < 4.78 is 9.50. The lowest BCUT2D eigenvalue weighted by Gasteiger charge is -2.25. The number of hydrogen-bond acceptors (Lipinski definition) is 6. The van der Waals surface area contributed by atoms with E-state index in [0.29, 0.717) is 10.0 Å². The first kappa shape index (κ1) is 15.9. The molecule has 5 nitrogen and oxygen atoms in total. The second kappa shape index (κ2) is 7.49. The number of halogens is 1. The van der Waals surface area contributed by atoms with E-state index in [2.05, 4.69) is 9.59 Å². The Morgan fingerprint density at radius 3 is 2.71 bits per heavy atom. The van der Waals surface area contributed by atoms with Gasteiger partial charge in [0.1, 0.15) is 22.7 Å². The number of hydrogen-bond donors (Lipinski definition) is 0. The van der Waals surface area contributed by atoms with E-state index in [0.717, 1.165) is 23.6 Å². The molecule has 112 valence electrons. The number of carbonyl (C=O) groups excluding carboxylic acids is 1. The predicted octanol–water partition coefficient (Wildman–Crippen LogP) is 2.93. The molecule has 0 aliphatic heterocycles. The quantitative estimate of drug-likeness (QED) is 0.764. The first-order valence-electron chi connectivity index (χ1n) is 6.52. The predicted molar refractivity (Wildman–Crippen MR) is 82.2 cm³/mol. The highest BCUT2D eigenvalue weighted by Crippen LogP contribution is 2.23. The number of benzene rings is 1. The molecule has 0 spiro atoms. The maximum absolute atomic E-state index is 12.4. The van der Waals surface area contributed by atoms with Gasteiger partial charge >= 0.3 is 5.97 Å². The summed E-state index contributed by atoms with van der Waals surface area (Å²) in [6, 6.07) is 9.10. The summed E-state index contributed by atoms with van der Waals surface area (Å²) in [6.07, 6.45) is 0. The first-order chi connectivity index (χ1) is 10.1. The van der Waals surface area contributed by atoms with Crippen molar-refractivity contribution in [2.75, 3.05) is 13.6 Å². The van der Waals surface area contributed by atoms with Crippen LogP contribution in [0.1, 0.15) is 24.2 Å². The topological polar surface area (TPSA) is 55.3 Å². The van der Waals surface area contributed by atoms with Crippen molar-refractivity contribution in [2.24, 2.45) is 0 Å². The minimum atomic E-state index is -0.443. The summed E-state index contributed by atoms with van der Waals surface area (Å²) in [5, 5.41) is 3.83. The van der Waals surface area contributed by atoms with Crippen molar-refractivity contribution in [3.8, 4) is 0 Å². The largest absolute Gasteiger partial charge is 0.458 e. The summed E-state index contributed by atoms with van der Waals surface area (Å²) in [5.41, 5.74) is 1.38. The fourth-order valence-electron chi connectivity index (χ4n) is 1.89. The minimum absolute atomic E-state index is 0.0368. The molecular weight excluding hydrogens is 310 g/mol. The highest BCUT2D eigenvalue weighted by Gasteiger charge is 2.26. The van der Waals surface area contributed by atoms with Gasteiger partial charge in [0.25, 0.3) is 0 Å². The van der Waals surface area contributed by atoms with Crippen LogP contribution in [0.3, 0.4) is 0 Å². The van der Waals surface area contributed by atoms with Crippen LogP contribution in [0.5, 0.6) is 0 Å². The molecule has 1 aromatic heterocycles. The van der Waals surface area contributed by atoms with Gasteiger partial charge in [-0.3, -0.25) is 4.90 Å². The Kier molecular flexibility index (Phi) is 5.67. The molecule has 21 heavy (non-hydrogen) atoms. The van der Waals surface area contributed by atoms with Crippen molar-refractivity contribution in [1.82, 2.24) is 14.5 Å². The van der Waals surface area contributed by atoms with Crippen LogP contribution in [0, 0.1) is 0 Å². The van der Waals surface area contributed by atoms with Gasteiger partial charge in [0.05, 0.1) is 0 Å². The summed E-state index contributed by atoms with van der Waals surface area (Å²) in [6.45, 7) is 2.76. The van der Waals surface area contributed by atoms with Gasteiger partial charge < -0.3 is 4.74 Å². The number of ether oxygens (including phenoxy) is 1. The molecule has 0 N–H and O–H groups in total.